The number of H-pyrrole nitrogens is 1. The molecule has 0 saturated heterocycles. The average Bonchev–Trinajstić information content (AvgIpc) is 3.35. The van der Waals surface area contributed by atoms with Crippen molar-refractivity contribution < 1.29 is 9.18 Å². The van der Waals surface area contributed by atoms with Crippen molar-refractivity contribution in [1.29, 1.82) is 0 Å². The first-order valence-corrected chi connectivity index (χ1v) is 10.7. The van der Waals surface area contributed by atoms with E-state index in [1.165, 1.54) is 28.3 Å². The van der Waals surface area contributed by atoms with Crippen LogP contribution in [0.4, 0.5) is 4.39 Å². The normalized spacial score (nSPS) is 16.4. The summed E-state index contributed by atoms with van der Waals surface area (Å²) in [6.45, 7) is 2.86. The second kappa shape index (κ2) is 7.82. The molecule has 3 heterocycles. The molecule has 0 radical (unpaired) electrons. The Kier molecular flexibility index (Phi) is 5.27. The third kappa shape index (κ3) is 3.64. The fraction of sp³-hybridized carbons (Fsp3) is 0.316. The van der Waals surface area contributed by atoms with Gasteiger partial charge in [-0.1, -0.05) is 30.8 Å². The van der Waals surface area contributed by atoms with Crippen LogP contribution in [0.25, 0.3) is 11.4 Å². The number of thioether (sulfide) groups is 1. The van der Waals surface area contributed by atoms with Crippen molar-refractivity contribution in [3.05, 3.63) is 52.0 Å². The number of benzene rings is 1. The third-order valence-corrected chi connectivity index (χ3v) is 6.55. The molecule has 1 unspecified atom stereocenters. The molecule has 4 rings (SSSR count). The zero-order valence-corrected chi connectivity index (χ0v) is 16.4. The van der Waals surface area contributed by atoms with Gasteiger partial charge in [0.2, 0.25) is 11.1 Å². The number of nitrogens with zero attached hydrogens (tertiary/aromatic N) is 3. The van der Waals surface area contributed by atoms with E-state index < -0.39 is 0 Å². The van der Waals surface area contributed by atoms with Gasteiger partial charge >= 0.3 is 0 Å². The number of rotatable bonds is 5. The van der Waals surface area contributed by atoms with E-state index in [0.29, 0.717) is 16.5 Å². The number of carbonyl (C=O) groups is 1. The summed E-state index contributed by atoms with van der Waals surface area (Å²) in [6.07, 6.45) is 1.82. The SMILES string of the molecule is CCC1c2ccsc2CCN1C(=O)CSc1n[nH]c(-c2ccccc2F)n1. The lowest BCUT2D eigenvalue weighted by Crippen LogP contribution is -2.40. The molecular weight excluding hydrogens is 383 g/mol. The van der Waals surface area contributed by atoms with Crippen molar-refractivity contribution in [3.8, 4) is 11.4 Å². The number of thiophene rings is 1. The Morgan fingerprint density at radius 3 is 3.07 bits per heavy atom. The van der Waals surface area contributed by atoms with Crippen LogP contribution < -0.4 is 0 Å². The van der Waals surface area contributed by atoms with Gasteiger partial charge in [0.05, 0.1) is 17.4 Å². The van der Waals surface area contributed by atoms with Crippen LogP contribution in [0, 0.1) is 5.82 Å². The van der Waals surface area contributed by atoms with Crippen LogP contribution in [-0.2, 0) is 11.2 Å². The average molecular weight is 403 g/mol. The van der Waals surface area contributed by atoms with Crippen molar-refractivity contribution in [2.24, 2.45) is 0 Å². The second-order valence-electron chi connectivity index (χ2n) is 6.30. The van der Waals surface area contributed by atoms with Crippen LogP contribution in [0.2, 0.25) is 0 Å². The Labute approximate surface area is 165 Å². The largest absolute Gasteiger partial charge is 0.335 e. The number of aromatic amines is 1. The summed E-state index contributed by atoms with van der Waals surface area (Å²) in [5.74, 6) is 0.369. The van der Waals surface area contributed by atoms with Crippen LogP contribution in [0.3, 0.4) is 0 Å². The Balaban J connectivity index is 1.42. The van der Waals surface area contributed by atoms with Gasteiger partial charge in [0, 0.05) is 11.4 Å². The number of hydrogen-bond acceptors (Lipinski definition) is 5. The zero-order valence-electron chi connectivity index (χ0n) is 14.8. The lowest BCUT2D eigenvalue weighted by Gasteiger charge is -2.35. The number of halogens is 1. The summed E-state index contributed by atoms with van der Waals surface area (Å²) < 4.78 is 13.9. The molecule has 1 aliphatic rings. The summed E-state index contributed by atoms with van der Waals surface area (Å²) >= 11 is 3.05. The summed E-state index contributed by atoms with van der Waals surface area (Å²) in [4.78, 5) is 20.5. The molecule has 3 aromatic rings. The number of nitrogens with one attached hydrogen (secondary N) is 1. The van der Waals surface area contributed by atoms with Crippen LogP contribution in [-0.4, -0.2) is 38.3 Å². The van der Waals surface area contributed by atoms with Gasteiger partial charge in [-0.2, -0.15) is 0 Å². The minimum atomic E-state index is -0.355. The molecule has 1 amide bonds. The van der Waals surface area contributed by atoms with E-state index in [2.05, 4.69) is 33.6 Å². The number of aromatic nitrogens is 3. The Hall–Kier alpha value is -2.19. The molecule has 0 aliphatic carbocycles. The molecular formula is C19H19FN4OS2. The minimum absolute atomic E-state index is 0.0842. The lowest BCUT2D eigenvalue weighted by molar-refractivity contribution is -0.131. The van der Waals surface area contributed by atoms with Crippen molar-refractivity contribution in [2.45, 2.75) is 31.0 Å². The van der Waals surface area contributed by atoms with Gasteiger partial charge in [0.15, 0.2) is 5.82 Å². The zero-order chi connectivity index (χ0) is 18.8. The highest BCUT2D eigenvalue weighted by atomic mass is 32.2. The summed E-state index contributed by atoms with van der Waals surface area (Å²) in [5.41, 5.74) is 1.65. The summed E-state index contributed by atoms with van der Waals surface area (Å²) in [6, 6.07) is 8.69. The van der Waals surface area contributed by atoms with Gasteiger partial charge < -0.3 is 4.90 Å². The second-order valence-corrected chi connectivity index (χ2v) is 8.24. The van der Waals surface area contributed by atoms with Crippen molar-refractivity contribution in [3.63, 3.8) is 0 Å². The lowest BCUT2D eigenvalue weighted by atomic mass is 9.98. The summed E-state index contributed by atoms with van der Waals surface area (Å²) in [5, 5.41) is 9.41. The molecule has 1 atom stereocenters. The van der Waals surface area contributed by atoms with E-state index in [4.69, 9.17) is 0 Å². The minimum Gasteiger partial charge on any atom is -0.335 e. The number of hydrogen-bond donors (Lipinski definition) is 1. The highest BCUT2D eigenvalue weighted by Crippen LogP contribution is 2.35. The predicted octanol–water partition coefficient (Wildman–Crippen LogP) is 4.30. The molecule has 0 fully saturated rings. The van der Waals surface area contributed by atoms with E-state index in [9.17, 15) is 9.18 Å². The maximum Gasteiger partial charge on any atom is 0.233 e. The molecule has 1 N–H and O–H groups in total. The highest BCUT2D eigenvalue weighted by Gasteiger charge is 2.30. The van der Waals surface area contributed by atoms with E-state index >= 15 is 0 Å². The van der Waals surface area contributed by atoms with Crippen LogP contribution in [0.5, 0.6) is 0 Å². The van der Waals surface area contributed by atoms with Crippen LogP contribution in [0.1, 0.15) is 29.8 Å². The molecule has 1 aliphatic heterocycles. The molecule has 2 aromatic heterocycles. The smallest absolute Gasteiger partial charge is 0.233 e. The van der Waals surface area contributed by atoms with Gasteiger partial charge in [-0.05, 0) is 42.0 Å². The number of fused-ring (bicyclic) bond motifs is 1. The molecule has 140 valence electrons. The molecule has 27 heavy (non-hydrogen) atoms. The third-order valence-electron chi connectivity index (χ3n) is 4.72. The molecule has 1 aromatic carbocycles. The molecule has 8 heteroatoms. The van der Waals surface area contributed by atoms with Crippen molar-refractivity contribution in [1.82, 2.24) is 20.1 Å². The van der Waals surface area contributed by atoms with E-state index in [-0.39, 0.29) is 23.5 Å². The van der Waals surface area contributed by atoms with Crippen molar-refractivity contribution >= 4 is 29.0 Å². The topological polar surface area (TPSA) is 61.9 Å². The van der Waals surface area contributed by atoms with Crippen LogP contribution in [0.15, 0.2) is 40.9 Å². The fourth-order valence-electron chi connectivity index (χ4n) is 3.43. The predicted molar refractivity (Wildman–Crippen MR) is 105 cm³/mol. The van der Waals surface area contributed by atoms with E-state index in [0.717, 1.165) is 19.4 Å². The number of amides is 1. The molecule has 0 bridgehead atoms. The first-order valence-electron chi connectivity index (χ1n) is 8.83. The van der Waals surface area contributed by atoms with Gasteiger partial charge in [-0.3, -0.25) is 9.89 Å². The molecule has 0 saturated carbocycles. The highest BCUT2D eigenvalue weighted by molar-refractivity contribution is 7.99. The maximum absolute atomic E-state index is 13.9. The Bertz CT molecular complexity index is 955. The van der Waals surface area contributed by atoms with E-state index in [1.54, 1.807) is 29.5 Å². The standard InChI is InChI=1S/C19H19FN4OS2/c1-2-15-13-8-10-26-16(13)7-9-24(15)17(25)11-27-19-21-18(22-23-19)12-5-3-4-6-14(12)20/h3-6,8,10,15H,2,7,9,11H2,1H3,(H,21,22,23). The first-order chi connectivity index (χ1) is 13.2. The molecule has 0 spiro atoms. The number of carbonyl (C=O) groups excluding carboxylic acids is 1. The van der Waals surface area contributed by atoms with Crippen molar-refractivity contribution in [2.75, 3.05) is 12.3 Å². The first kappa shape index (κ1) is 18.2. The fourth-order valence-corrected chi connectivity index (χ4v) is 5.04. The Morgan fingerprint density at radius 2 is 2.26 bits per heavy atom. The van der Waals surface area contributed by atoms with Gasteiger partial charge in [0.25, 0.3) is 0 Å². The summed E-state index contributed by atoms with van der Waals surface area (Å²) in [7, 11) is 0. The van der Waals surface area contributed by atoms with Gasteiger partial charge in [-0.15, -0.1) is 16.4 Å². The van der Waals surface area contributed by atoms with Gasteiger partial charge in [-0.25, -0.2) is 9.37 Å². The maximum atomic E-state index is 13.9. The Morgan fingerprint density at radius 1 is 1.41 bits per heavy atom. The quantitative estimate of drug-likeness (QED) is 0.647. The molecule has 5 nitrogen and oxygen atoms in total. The van der Waals surface area contributed by atoms with Crippen LogP contribution >= 0.6 is 23.1 Å². The monoisotopic (exact) mass is 402 g/mol. The van der Waals surface area contributed by atoms with Gasteiger partial charge in [0.1, 0.15) is 5.82 Å². The van der Waals surface area contributed by atoms with E-state index in [1.807, 2.05) is 4.90 Å².